The van der Waals surface area contributed by atoms with Gasteiger partial charge in [-0.15, -0.1) is 11.3 Å². The predicted octanol–water partition coefficient (Wildman–Crippen LogP) is 6.18. The van der Waals surface area contributed by atoms with E-state index in [1.807, 2.05) is 24.4 Å². The van der Waals surface area contributed by atoms with Crippen molar-refractivity contribution >= 4 is 51.7 Å². The van der Waals surface area contributed by atoms with Gasteiger partial charge in [0.15, 0.2) is 16.6 Å². The molecular formula is C21H18Cl2N2O3S. The Morgan fingerprint density at radius 3 is 2.76 bits per heavy atom. The van der Waals surface area contributed by atoms with Gasteiger partial charge in [-0.3, -0.25) is 10.1 Å². The number of carbonyl (C=O) groups is 1. The van der Waals surface area contributed by atoms with Gasteiger partial charge in [-0.2, -0.15) is 0 Å². The minimum atomic E-state index is -0.291. The Morgan fingerprint density at radius 2 is 2.03 bits per heavy atom. The summed E-state index contributed by atoms with van der Waals surface area (Å²) in [5.41, 5.74) is 2.24. The molecule has 0 aliphatic rings. The molecule has 0 aliphatic heterocycles. The van der Waals surface area contributed by atoms with E-state index in [1.165, 1.54) is 17.4 Å². The van der Waals surface area contributed by atoms with Crippen LogP contribution in [0.4, 0.5) is 5.13 Å². The van der Waals surface area contributed by atoms with Crippen LogP contribution in [-0.2, 0) is 4.79 Å². The number of anilines is 1. The fourth-order valence-electron chi connectivity index (χ4n) is 2.53. The number of benzene rings is 2. The molecule has 0 saturated carbocycles. The largest absolute Gasteiger partial charge is 0.493 e. The van der Waals surface area contributed by atoms with Crippen LogP contribution in [0, 0.1) is 0 Å². The van der Waals surface area contributed by atoms with E-state index in [1.54, 1.807) is 37.5 Å². The molecule has 0 bridgehead atoms. The summed E-state index contributed by atoms with van der Waals surface area (Å²) in [7, 11) is 1.57. The number of hydrogen-bond donors (Lipinski definition) is 1. The van der Waals surface area contributed by atoms with Gasteiger partial charge >= 0.3 is 0 Å². The maximum atomic E-state index is 12.2. The molecule has 0 spiro atoms. The number of methoxy groups -OCH3 is 1. The van der Waals surface area contributed by atoms with Gasteiger partial charge in [0.05, 0.1) is 24.4 Å². The number of thiazole rings is 1. The van der Waals surface area contributed by atoms with E-state index >= 15 is 0 Å². The van der Waals surface area contributed by atoms with Crippen LogP contribution < -0.4 is 14.8 Å². The lowest BCUT2D eigenvalue weighted by Crippen LogP contribution is -2.07. The molecule has 0 unspecified atom stereocenters. The summed E-state index contributed by atoms with van der Waals surface area (Å²) in [6.45, 7) is 2.45. The molecular weight excluding hydrogens is 431 g/mol. The molecule has 8 heteroatoms. The number of rotatable bonds is 7. The third-order valence-corrected chi connectivity index (χ3v) is 5.16. The van der Waals surface area contributed by atoms with Crippen LogP contribution in [0.3, 0.4) is 0 Å². The lowest BCUT2D eigenvalue weighted by Gasteiger charge is -2.09. The normalized spacial score (nSPS) is 10.9. The SMILES string of the molecule is CCOc1ccc(/C=C/C(=O)Nc2nc(-c3ccc(Cl)cc3Cl)cs2)cc1OC. The first-order chi connectivity index (χ1) is 14.0. The highest BCUT2D eigenvalue weighted by atomic mass is 35.5. The van der Waals surface area contributed by atoms with Crippen molar-refractivity contribution in [1.29, 1.82) is 0 Å². The van der Waals surface area contributed by atoms with Crippen LogP contribution in [0.2, 0.25) is 10.0 Å². The van der Waals surface area contributed by atoms with E-state index in [9.17, 15) is 4.79 Å². The molecule has 5 nitrogen and oxygen atoms in total. The second-order valence-electron chi connectivity index (χ2n) is 5.83. The molecule has 0 radical (unpaired) electrons. The Labute approximate surface area is 182 Å². The van der Waals surface area contributed by atoms with Crippen LogP contribution in [0.5, 0.6) is 11.5 Å². The summed E-state index contributed by atoms with van der Waals surface area (Å²) in [5.74, 6) is 0.979. The van der Waals surface area contributed by atoms with Crippen molar-refractivity contribution < 1.29 is 14.3 Å². The van der Waals surface area contributed by atoms with Crippen molar-refractivity contribution in [2.24, 2.45) is 0 Å². The zero-order valence-electron chi connectivity index (χ0n) is 15.7. The average Bonchev–Trinajstić information content (AvgIpc) is 3.15. The molecule has 1 N–H and O–H groups in total. The van der Waals surface area contributed by atoms with Crippen LogP contribution in [0.25, 0.3) is 17.3 Å². The van der Waals surface area contributed by atoms with E-state index in [-0.39, 0.29) is 5.91 Å². The number of carbonyl (C=O) groups excluding carboxylic acids is 1. The third-order valence-electron chi connectivity index (χ3n) is 3.86. The first-order valence-corrected chi connectivity index (χ1v) is 10.3. The van der Waals surface area contributed by atoms with Gasteiger partial charge in [0, 0.05) is 22.0 Å². The molecule has 3 rings (SSSR count). The second kappa shape index (κ2) is 9.78. The maximum absolute atomic E-state index is 12.2. The third kappa shape index (κ3) is 5.50. The van der Waals surface area contributed by atoms with Crippen LogP contribution >= 0.6 is 34.5 Å². The van der Waals surface area contributed by atoms with E-state index in [4.69, 9.17) is 32.7 Å². The highest BCUT2D eigenvalue weighted by Gasteiger charge is 2.10. The molecule has 0 atom stereocenters. The van der Waals surface area contributed by atoms with E-state index < -0.39 is 0 Å². The van der Waals surface area contributed by atoms with Crippen molar-refractivity contribution in [3.63, 3.8) is 0 Å². The van der Waals surface area contributed by atoms with Gasteiger partial charge in [-0.25, -0.2) is 4.98 Å². The zero-order chi connectivity index (χ0) is 20.8. The van der Waals surface area contributed by atoms with Gasteiger partial charge in [-0.1, -0.05) is 29.3 Å². The Hall–Kier alpha value is -2.54. The molecule has 1 amide bonds. The Kier molecular flexibility index (Phi) is 7.14. The Balaban J connectivity index is 1.67. The predicted molar refractivity (Wildman–Crippen MR) is 119 cm³/mol. The molecule has 0 fully saturated rings. The van der Waals surface area contributed by atoms with Gasteiger partial charge in [0.2, 0.25) is 5.91 Å². The molecule has 1 aromatic heterocycles. The van der Waals surface area contributed by atoms with Gasteiger partial charge in [0.1, 0.15) is 0 Å². The zero-order valence-corrected chi connectivity index (χ0v) is 18.1. The highest BCUT2D eigenvalue weighted by Crippen LogP contribution is 2.32. The minimum Gasteiger partial charge on any atom is -0.493 e. The van der Waals surface area contributed by atoms with Crippen molar-refractivity contribution in [3.8, 4) is 22.8 Å². The van der Waals surface area contributed by atoms with Crippen molar-refractivity contribution in [3.05, 3.63) is 63.5 Å². The van der Waals surface area contributed by atoms with Crippen LogP contribution in [0.15, 0.2) is 47.9 Å². The van der Waals surface area contributed by atoms with Crippen molar-refractivity contribution in [2.45, 2.75) is 6.92 Å². The number of ether oxygens (including phenoxy) is 2. The van der Waals surface area contributed by atoms with Crippen molar-refractivity contribution in [1.82, 2.24) is 4.98 Å². The molecule has 1 heterocycles. The number of nitrogens with one attached hydrogen (secondary N) is 1. The summed E-state index contributed by atoms with van der Waals surface area (Å²) in [5, 5.41) is 6.11. The van der Waals surface area contributed by atoms with Crippen molar-refractivity contribution in [2.75, 3.05) is 19.0 Å². The Morgan fingerprint density at radius 1 is 1.21 bits per heavy atom. The summed E-state index contributed by atoms with van der Waals surface area (Å²) < 4.78 is 10.8. The van der Waals surface area contributed by atoms with E-state index in [0.717, 1.165) is 11.1 Å². The summed E-state index contributed by atoms with van der Waals surface area (Å²) >= 11 is 13.5. The van der Waals surface area contributed by atoms with Gasteiger partial charge < -0.3 is 9.47 Å². The minimum absolute atomic E-state index is 0.291. The average molecular weight is 449 g/mol. The lowest BCUT2D eigenvalue weighted by molar-refractivity contribution is -0.111. The summed E-state index contributed by atoms with van der Waals surface area (Å²) in [4.78, 5) is 16.7. The van der Waals surface area contributed by atoms with Gasteiger partial charge in [0.25, 0.3) is 0 Å². The molecule has 3 aromatic rings. The maximum Gasteiger partial charge on any atom is 0.250 e. The number of nitrogens with zero attached hydrogens (tertiary/aromatic N) is 1. The Bertz CT molecular complexity index is 1050. The first-order valence-electron chi connectivity index (χ1n) is 8.71. The highest BCUT2D eigenvalue weighted by molar-refractivity contribution is 7.14. The monoisotopic (exact) mass is 448 g/mol. The molecule has 29 heavy (non-hydrogen) atoms. The van der Waals surface area contributed by atoms with Gasteiger partial charge in [-0.05, 0) is 48.9 Å². The lowest BCUT2D eigenvalue weighted by atomic mass is 10.2. The van der Waals surface area contributed by atoms with E-state index in [2.05, 4.69) is 10.3 Å². The quantitative estimate of drug-likeness (QED) is 0.438. The standard InChI is InChI=1S/C21H18Cl2N2O3S/c1-3-28-18-8-4-13(10-19(18)27-2)5-9-20(26)25-21-24-17(12-29-21)15-7-6-14(22)11-16(15)23/h4-12H,3H2,1-2H3,(H,24,25,26)/b9-5+. The molecule has 0 saturated heterocycles. The van der Waals surface area contributed by atoms with Crippen LogP contribution in [-0.4, -0.2) is 24.6 Å². The number of amides is 1. The number of hydrogen-bond acceptors (Lipinski definition) is 5. The summed E-state index contributed by atoms with van der Waals surface area (Å²) in [6, 6.07) is 10.7. The fraction of sp³-hybridized carbons (Fsp3) is 0.143. The molecule has 2 aromatic carbocycles. The smallest absolute Gasteiger partial charge is 0.250 e. The topological polar surface area (TPSA) is 60.5 Å². The molecule has 0 aliphatic carbocycles. The second-order valence-corrected chi connectivity index (χ2v) is 7.53. The molecule has 150 valence electrons. The fourth-order valence-corrected chi connectivity index (χ4v) is 3.75. The first kappa shape index (κ1) is 21.2. The summed E-state index contributed by atoms with van der Waals surface area (Å²) in [6.07, 6.45) is 3.13. The van der Waals surface area contributed by atoms with E-state index in [0.29, 0.717) is 39.0 Å². The number of halogens is 2. The van der Waals surface area contributed by atoms with Crippen LogP contribution in [0.1, 0.15) is 12.5 Å². The number of aromatic nitrogens is 1.